The summed E-state index contributed by atoms with van der Waals surface area (Å²) in [6, 6.07) is 8.53. The highest BCUT2D eigenvalue weighted by Gasteiger charge is 2.17. The van der Waals surface area contributed by atoms with Gasteiger partial charge in [0, 0.05) is 11.8 Å². The molecular weight excluding hydrogens is 274 g/mol. The normalized spacial score (nSPS) is 12.8. The van der Waals surface area contributed by atoms with E-state index in [0.29, 0.717) is 23.0 Å². The molecule has 21 heavy (non-hydrogen) atoms. The lowest BCUT2D eigenvalue weighted by Gasteiger charge is -2.03. The summed E-state index contributed by atoms with van der Waals surface area (Å²) in [5.74, 6) is 0.867. The zero-order chi connectivity index (χ0) is 14.4. The van der Waals surface area contributed by atoms with E-state index in [0.717, 1.165) is 5.56 Å². The molecule has 3 aromatic rings. The molecule has 1 aliphatic rings. The Labute approximate surface area is 118 Å². The Hall–Kier alpha value is -3.09. The number of aromatic carboxylic acids is 1. The third kappa shape index (κ3) is 1.78. The monoisotopic (exact) mass is 283 g/mol. The molecule has 1 N–H and O–H groups in total. The van der Waals surface area contributed by atoms with E-state index in [9.17, 15) is 4.79 Å². The SMILES string of the molecule is O=C(O)c1ccc2nnc(-c3ccc4c(c3)OCO4)n2c1. The van der Waals surface area contributed by atoms with Crippen LogP contribution in [0.15, 0.2) is 36.5 Å². The number of fused-ring (bicyclic) bond motifs is 2. The number of carboxylic acids is 1. The summed E-state index contributed by atoms with van der Waals surface area (Å²) in [7, 11) is 0. The summed E-state index contributed by atoms with van der Waals surface area (Å²) in [5.41, 5.74) is 1.52. The van der Waals surface area contributed by atoms with E-state index < -0.39 is 5.97 Å². The average Bonchev–Trinajstić information content (AvgIpc) is 3.12. The predicted molar refractivity (Wildman–Crippen MR) is 71.5 cm³/mol. The van der Waals surface area contributed by atoms with Gasteiger partial charge in [0.25, 0.3) is 0 Å². The van der Waals surface area contributed by atoms with E-state index in [1.165, 1.54) is 12.3 Å². The van der Waals surface area contributed by atoms with Crippen LogP contribution in [0.4, 0.5) is 0 Å². The number of nitrogens with zero attached hydrogens (tertiary/aromatic N) is 3. The Morgan fingerprint density at radius 1 is 1.14 bits per heavy atom. The molecule has 0 saturated heterocycles. The van der Waals surface area contributed by atoms with Crippen LogP contribution in [0.25, 0.3) is 17.0 Å². The van der Waals surface area contributed by atoms with E-state index in [1.54, 1.807) is 22.6 Å². The summed E-state index contributed by atoms with van der Waals surface area (Å²) >= 11 is 0. The summed E-state index contributed by atoms with van der Waals surface area (Å²) in [5, 5.41) is 17.2. The van der Waals surface area contributed by atoms with Crippen molar-refractivity contribution in [3.05, 3.63) is 42.1 Å². The van der Waals surface area contributed by atoms with Crippen LogP contribution in [0.5, 0.6) is 11.5 Å². The minimum Gasteiger partial charge on any atom is -0.478 e. The third-order valence-corrected chi connectivity index (χ3v) is 3.28. The zero-order valence-corrected chi connectivity index (χ0v) is 10.7. The Morgan fingerprint density at radius 3 is 2.86 bits per heavy atom. The van der Waals surface area contributed by atoms with Crippen LogP contribution in [0, 0.1) is 0 Å². The van der Waals surface area contributed by atoms with Gasteiger partial charge in [0.05, 0.1) is 5.56 Å². The highest BCUT2D eigenvalue weighted by Crippen LogP contribution is 2.35. The molecule has 0 bridgehead atoms. The molecule has 2 aromatic heterocycles. The van der Waals surface area contributed by atoms with Crippen LogP contribution >= 0.6 is 0 Å². The first-order chi connectivity index (χ1) is 10.2. The van der Waals surface area contributed by atoms with Crippen LogP contribution in [0.3, 0.4) is 0 Å². The fourth-order valence-corrected chi connectivity index (χ4v) is 2.25. The van der Waals surface area contributed by atoms with Crippen molar-refractivity contribution in [2.75, 3.05) is 6.79 Å². The molecular formula is C14H9N3O4. The maximum Gasteiger partial charge on any atom is 0.337 e. The standard InChI is InChI=1S/C14H9N3O4/c18-14(19)9-2-4-12-15-16-13(17(12)6-9)8-1-3-10-11(5-8)21-7-20-10/h1-6H,7H2,(H,18,19). The highest BCUT2D eigenvalue weighted by molar-refractivity contribution is 5.87. The maximum atomic E-state index is 11.1. The lowest BCUT2D eigenvalue weighted by molar-refractivity contribution is 0.0696. The molecule has 0 aliphatic carbocycles. The molecule has 0 atom stereocenters. The highest BCUT2D eigenvalue weighted by atomic mass is 16.7. The van der Waals surface area contributed by atoms with Gasteiger partial charge in [-0.1, -0.05) is 0 Å². The number of aromatic nitrogens is 3. The van der Waals surface area contributed by atoms with Crippen molar-refractivity contribution < 1.29 is 19.4 Å². The van der Waals surface area contributed by atoms with Crippen molar-refractivity contribution in [2.24, 2.45) is 0 Å². The number of carboxylic acid groups (broad SMARTS) is 1. The van der Waals surface area contributed by atoms with Crippen molar-refractivity contribution in [2.45, 2.75) is 0 Å². The summed E-state index contributed by atoms with van der Waals surface area (Å²) < 4.78 is 12.2. The molecule has 7 heteroatoms. The average molecular weight is 283 g/mol. The molecule has 0 amide bonds. The van der Waals surface area contributed by atoms with Crippen LogP contribution in [-0.4, -0.2) is 32.5 Å². The smallest absolute Gasteiger partial charge is 0.337 e. The second-order valence-electron chi connectivity index (χ2n) is 4.54. The molecule has 104 valence electrons. The largest absolute Gasteiger partial charge is 0.478 e. The summed E-state index contributed by atoms with van der Waals surface area (Å²) in [4.78, 5) is 11.1. The quantitative estimate of drug-likeness (QED) is 0.772. The van der Waals surface area contributed by atoms with Gasteiger partial charge in [-0.15, -0.1) is 10.2 Å². The van der Waals surface area contributed by atoms with Gasteiger partial charge < -0.3 is 14.6 Å². The number of pyridine rings is 1. The van der Waals surface area contributed by atoms with E-state index in [4.69, 9.17) is 14.6 Å². The van der Waals surface area contributed by atoms with Crippen molar-refractivity contribution in [1.82, 2.24) is 14.6 Å². The van der Waals surface area contributed by atoms with Gasteiger partial charge >= 0.3 is 5.97 Å². The van der Waals surface area contributed by atoms with Crippen LogP contribution in [-0.2, 0) is 0 Å². The van der Waals surface area contributed by atoms with Gasteiger partial charge in [0.15, 0.2) is 23.0 Å². The van der Waals surface area contributed by atoms with E-state index in [-0.39, 0.29) is 12.4 Å². The lowest BCUT2D eigenvalue weighted by atomic mass is 10.2. The van der Waals surface area contributed by atoms with Crippen LogP contribution in [0.1, 0.15) is 10.4 Å². The molecule has 4 rings (SSSR count). The van der Waals surface area contributed by atoms with E-state index in [1.807, 2.05) is 6.07 Å². The van der Waals surface area contributed by atoms with Crippen molar-refractivity contribution in [3.8, 4) is 22.9 Å². The molecule has 7 nitrogen and oxygen atoms in total. The first-order valence-corrected chi connectivity index (χ1v) is 6.20. The number of hydrogen-bond donors (Lipinski definition) is 1. The first-order valence-electron chi connectivity index (χ1n) is 6.20. The number of carbonyl (C=O) groups is 1. The molecule has 0 saturated carbocycles. The van der Waals surface area contributed by atoms with Crippen LogP contribution < -0.4 is 9.47 Å². The Balaban J connectivity index is 1.90. The van der Waals surface area contributed by atoms with Gasteiger partial charge in [-0.25, -0.2) is 4.79 Å². The summed E-state index contributed by atoms with van der Waals surface area (Å²) in [6.07, 6.45) is 1.50. The predicted octanol–water partition coefficient (Wildman–Crippen LogP) is 1.82. The van der Waals surface area contributed by atoms with E-state index >= 15 is 0 Å². The van der Waals surface area contributed by atoms with E-state index in [2.05, 4.69) is 10.2 Å². The molecule has 0 spiro atoms. The van der Waals surface area contributed by atoms with Crippen LogP contribution in [0.2, 0.25) is 0 Å². The molecule has 1 aliphatic heterocycles. The molecule has 3 heterocycles. The van der Waals surface area contributed by atoms with Crippen molar-refractivity contribution in [1.29, 1.82) is 0 Å². The Bertz CT molecular complexity index is 872. The van der Waals surface area contributed by atoms with Gasteiger partial charge in [0.2, 0.25) is 6.79 Å². The van der Waals surface area contributed by atoms with Crippen molar-refractivity contribution >= 4 is 11.6 Å². The lowest BCUT2D eigenvalue weighted by Crippen LogP contribution is -1.99. The topological polar surface area (TPSA) is 86.0 Å². The minimum absolute atomic E-state index is 0.171. The Kier molecular flexibility index (Phi) is 2.34. The zero-order valence-electron chi connectivity index (χ0n) is 10.7. The first kappa shape index (κ1) is 11.7. The third-order valence-electron chi connectivity index (χ3n) is 3.28. The van der Waals surface area contributed by atoms with Crippen molar-refractivity contribution in [3.63, 3.8) is 0 Å². The van der Waals surface area contributed by atoms with Gasteiger partial charge in [-0.2, -0.15) is 0 Å². The fourth-order valence-electron chi connectivity index (χ4n) is 2.25. The molecule has 1 aromatic carbocycles. The number of rotatable bonds is 2. The number of benzene rings is 1. The fraction of sp³-hybridized carbons (Fsp3) is 0.0714. The molecule has 0 radical (unpaired) electrons. The second kappa shape index (κ2) is 4.20. The minimum atomic E-state index is -0.998. The second-order valence-corrected chi connectivity index (χ2v) is 4.54. The summed E-state index contributed by atoms with van der Waals surface area (Å²) in [6.45, 7) is 0.197. The molecule has 0 unspecified atom stereocenters. The van der Waals surface area contributed by atoms with Gasteiger partial charge in [-0.3, -0.25) is 4.40 Å². The Morgan fingerprint density at radius 2 is 2.00 bits per heavy atom. The van der Waals surface area contributed by atoms with Gasteiger partial charge in [-0.05, 0) is 30.3 Å². The number of hydrogen-bond acceptors (Lipinski definition) is 5. The maximum absolute atomic E-state index is 11.1. The van der Waals surface area contributed by atoms with Gasteiger partial charge in [0.1, 0.15) is 0 Å². The number of ether oxygens (including phenoxy) is 2. The molecule has 0 fully saturated rings.